The highest BCUT2D eigenvalue weighted by molar-refractivity contribution is 6.31. The van der Waals surface area contributed by atoms with Gasteiger partial charge in [-0.05, 0) is 24.6 Å². The molecule has 0 aliphatic heterocycles. The van der Waals surface area contributed by atoms with Crippen LogP contribution in [0.3, 0.4) is 0 Å². The van der Waals surface area contributed by atoms with Crippen LogP contribution in [-0.2, 0) is 0 Å². The number of carbonyl (C=O) groups is 1. The van der Waals surface area contributed by atoms with Gasteiger partial charge in [0.2, 0.25) is 0 Å². The van der Waals surface area contributed by atoms with E-state index in [9.17, 15) is 9.18 Å². The molecule has 2 nitrogen and oxygen atoms in total. The molecule has 0 aliphatic rings. The third-order valence-corrected chi connectivity index (χ3v) is 2.93. The molecule has 5 heteroatoms. The summed E-state index contributed by atoms with van der Waals surface area (Å²) >= 11 is 11.6. The van der Waals surface area contributed by atoms with Crippen LogP contribution < -0.4 is 5.32 Å². The Balaban J connectivity index is 2.55. The fourth-order valence-electron chi connectivity index (χ4n) is 1.36. The zero-order chi connectivity index (χ0) is 12.8. The first-order valence-corrected chi connectivity index (χ1v) is 6.23. The number of hydrogen-bond donors (Lipinski definition) is 1. The van der Waals surface area contributed by atoms with Crippen molar-refractivity contribution in [3.8, 4) is 0 Å². The molecule has 0 bridgehead atoms. The van der Waals surface area contributed by atoms with Crippen molar-refractivity contribution in [1.82, 2.24) is 5.32 Å². The molecular formula is C12H14Cl2FNO. The second kappa shape index (κ2) is 6.82. The molecule has 94 valence electrons. The Labute approximate surface area is 110 Å². The van der Waals surface area contributed by atoms with E-state index in [0.29, 0.717) is 12.1 Å². The monoisotopic (exact) mass is 277 g/mol. The fourth-order valence-corrected chi connectivity index (χ4v) is 1.83. The van der Waals surface area contributed by atoms with Crippen LogP contribution in [0.2, 0.25) is 5.02 Å². The van der Waals surface area contributed by atoms with Crippen LogP contribution in [0, 0.1) is 5.82 Å². The van der Waals surface area contributed by atoms with Crippen LogP contribution in [0.25, 0.3) is 0 Å². The molecule has 0 spiro atoms. The van der Waals surface area contributed by atoms with Gasteiger partial charge >= 0.3 is 0 Å². The number of benzene rings is 1. The predicted molar refractivity (Wildman–Crippen MR) is 68.3 cm³/mol. The number of carbonyl (C=O) groups excluding carboxylic acids is 1. The van der Waals surface area contributed by atoms with Crippen LogP contribution in [-0.4, -0.2) is 17.8 Å². The van der Waals surface area contributed by atoms with Crippen molar-refractivity contribution in [3.63, 3.8) is 0 Å². The molecule has 1 N–H and O–H groups in total. The standard InChI is InChI=1S/C12H14Cl2FNO/c1-2-3-9(13)7-16-12(17)8-4-5-11(15)10(14)6-8/h4-6,9H,2-3,7H2,1H3,(H,16,17). The number of hydrogen-bond acceptors (Lipinski definition) is 1. The minimum absolute atomic E-state index is 0.0615. The van der Waals surface area contributed by atoms with Gasteiger partial charge in [-0.15, -0.1) is 11.6 Å². The van der Waals surface area contributed by atoms with E-state index in [1.807, 2.05) is 6.92 Å². The summed E-state index contributed by atoms with van der Waals surface area (Å²) in [4.78, 5) is 11.7. The van der Waals surface area contributed by atoms with Crippen LogP contribution in [0.5, 0.6) is 0 Å². The van der Waals surface area contributed by atoms with Crippen LogP contribution in [0.15, 0.2) is 18.2 Å². The predicted octanol–water partition coefficient (Wildman–Crippen LogP) is 3.62. The molecule has 17 heavy (non-hydrogen) atoms. The van der Waals surface area contributed by atoms with Gasteiger partial charge in [0.05, 0.1) is 10.4 Å². The van der Waals surface area contributed by atoms with Gasteiger partial charge in [-0.25, -0.2) is 4.39 Å². The lowest BCUT2D eigenvalue weighted by atomic mass is 10.2. The van der Waals surface area contributed by atoms with Crippen molar-refractivity contribution in [2.75, 3.05) is 6.54 Å². The van der Waals surface area contributed by atoms with Crippen molar-refractivity contribution in [3.05, 3.63) is 34.6 Å². The molecular weight excluding hydrogens is 264 g/mol. The van der Waals surface area contributed by atoms with Gasteiger partial charge in [-0.2, -0.15) is 0 Å². The molecule has 0 fully saturated rings. The van der Waals surface area contributed by atoms with E-state index in [4.69, 9.17) is 23.2 Å². The molecule has 1 unspecified atom stereocenters. The zero-order valence-electron chi connectivity index (χ0n) is 9.47. The normalized spacial score (nSPS) is 12.2. The first-order chi connectivity index (χ1) is 8.04. The van der Waals surface area contributed by atoms with E-state index in [2.05, 4.69) is 5.32 Å². The van der Waals surface area contributed by atoms with Gasteiger partial charge < -0.3 is 5.32 Å². The maximum Gasteiger partial charge on any atom is 0.251 e. The van der Waals surface area contributed by atoms with Gasteiger partial charge in [0.25, 0.3) is 5.91 Å². The minimum Gasteiger partial charge on any atom is -0.351 e. The second-order valence-electron chi connectivity index (χ2n) is 3.72. The van der Waals surface area contributed by atoms with Crippen LogP contribution in [0.4, 0.5) is 4.39 Å². The molecule has 1 amide bonds. The number of amides is 1. The molecule has 0 saturated carbocycles. The maximum absolute atomic E-state index is 12.9. The third-order valence-electron chi connectivity index (χ3n) is 2.27. The Kier molecular flexibility index (Phi) is 5.72. The molecule has 1 rings (SSSR count). The zero-order valence-corrected chi connectivity index (χ0v) is 11.0. The Morgan fingerprint density at radius 2 is 2.24 bits per heavy atom. The Bertz CT molecular complexity index is 398. The van der Waals surface area contributed by atoms with E-state index in [-0.39, 0.29) is 16.3 Å². The van der Waals surface area contributed by atoms with Crippen LogP contribution >= 0.6 is 23.2 Å². The summed E-state index contributed by atoms with van der Waals surface area (Å²) < 4.78 is 12.9. The number of alkyl halides is 1. The number of halogens is 3. The SMILES string of the molecule is CCCC(Cl)CNC(=O)c1ccc(F)c(Cl)c1. The fraction of sp³-hybridized carbons (Fsp3) is 0.417. The van der Waals surface area contributed by atoms with E-state index >= 15 is 0 Å². The average molecular weight is 278 g/mol. The molecule has 1 aromatic carbocycles. The lowest BCUT2D eigenvalue weighted by Gasteiger charge is -2.10. The van der Waals surface area contributed by atoms with Gasteiger partial charge in [0, 0.05) is 12.1 Å². The average Bonchev–Trinajstić information content (AvgIpc) is 2.30. The summed E-state index contributed by atoms with van der Waals surface area (Å²) in [5, 5.41) is 2.53. The van der Waals surface area contributed by atoms with E-state index in [0.717, 1.165) is 12.8 Å². The first-order valence-electron chi connectivity index (χ1n) is 5.42. The van der Waals surface area contributed by atoms with Gasteiger partial charge in [0.15, 0.2) is 0 Å². The molecule has 0 saturated heterocycles. The Hall–Kier alpha value is -0.800. The Morgan fingerprint density at radius 3 is 2.82 bits per heavy atom. The number of rotatable bonds is 5. The highest BCUT2D eigenvalue weighted by atomic mass is 35.5. The first kappa shape index (κ1) is 14.3. The van der Waals surface area contributed by atoms with Crippen molar-refractivity contribution < 1.29 is 9.18 Å². The van der Waals surface area contributed by atoms with E-state index in [1.54, 1.807) is 0 Å². The molecule has 1 atom stereocenters. The van der Waals surface area contributed by atoms with Gasteiger partial charge in [-0.1, -0.05) is 24.9 Å². The molecule has 0 aliphatic carbocycles. The molecule has 0 heterocycles. The topological polar surface area (TPSA) is 29.1 Å². The van der Waals surface area contributed by atoms with Crippen molar-refractivity contribution in [2.24, 2.45) is 0 Å². The highest BCUT2D eigenvalue weighted by Crippen LogP contribution is 2.16. The van der Waals surface area contributed by atoms with E-state index < -0.39 is 5.82 Å². The summed E-state index contributed by atoms with van der Waals surface area (Å²) in [7, 11) is 0. The Morgan fingerprint density at radius 1 is 1.53 bits per heavy atom. The van der Waals surface area contributed by atoms with Gasteiger partial charge in [0.1, 0.15) is 5.82 Å². The summed E-state index contributed by atoms with van der Waals surface area (Å²) in [5.74, 6) is -0.835. The van der Waals surface area contributed by atoms with Crippen molar-refractivity contribution in [2.45, 2.75) is 25.1 Å². The van der Waals surface area contributed by atoms with Crippen molar-refractivity contribution in [1.29, 1.82) is 0 Å². The lowest BCUT2D eigenvalue weighted by molar-refractivity contribution is 0.0953. The summed E-state index contributed by atoms with van der Waals surface area (Å²) in [6.45, 7) is 2.42. The maximum atomic E-state index is 12.9. The quantitative estimate of drug-likeness (QED) is 0.819. The second-order valence-corrected chi connectivity index (χ2v) is 4.75. The van der Waals surface area contributed by atoms with E-state index in [1.165, 1.54) is 18.2 Å². The largest absolute Gasteiger partial charge is 0.351 e. The summed E-state index contributed by atoms with van der Waals surface area (Å²) in [5.41, 5.74) is 0.330. The van der Waals surface area contributed by atoms with Gasteiger partial charge in [-0.3, -0.25) is 4.79 Å². The molecule has 0 radical (unpaired) electrons. The molecule has 0 aromatic heterocycles. The third kappa shape index (κ3) is 4.52. The summed E-state index contributed by atoms with van der Waals surface area (Å²) in [6.07, 6.45) is 1.80. The number of nitrogens with one attached hydrogen (secondary N) is 1. The van der Waals surface area contributed by atoms with Crippen molar-refractivity contribution >= 4 is 29.1 Å². The summed E-state index contributed by atoms with van der Waals surface area (Å²) in [6, 6.07) is 3.86. The minimum atomic E-state index is -0.538. The smallest absolute Gasteiger partial charge is 0.251 e. The highest BCUT2D eigenvalue weighted by Gasteiger charge is 2.10. The molecule has 1 aromatic rings. The van der Waals surface area contributed by atoms with Crippen LogP contribution in [0.1, 0.15) is 30.1 Å². The lowest BCUT2D eigenvalue weighted by Crippen LogP contribution is -2.29.